The van der Waals surface area contributed by atoms with Gasteiger partial charge >= 0.3 is 0 Å². The van der Waals surface area contributed by atoms with Gasteiger partial charge in [0.15, 0.2) is 12.5 Å². The zero-order valence-electron chi connectivity index (χ0n) is 15.7. The largest absolute Gasteiger partial charge is 0.314 e. The highest BCUT2D eigenvalue weighted by atomic mass is 32.1. The van der Waals surface area contributed by atoms with Gasteiger partial charge in [0.2, 0.25) is 4.77 Å². The minimum atomic E-state index is -0.218. The molecular formula is C21H28FN4S+. The van der Waals surface area contributed by atoms with E-state index in [0.29, 0.717) is 17.4 Å². The van der Waals surface area contributed by atoms with Crippen LogP contribution in [0.5, 0.6) is 0 Å². The van der Waals surface area contributed by atoms with Gasteiger partial charge in [-0.15, -0.1) is 5.10 Å². The number of rotatable bonds is 4. The molecule has 5 rings (SSSR count). The summed E-state index contributed by atoms with van der Waals surface area (Å²) in [6.07, 6.45) is 10.4. The van der Waals surface area contributed by atoms with Crippen LogP contribution in [0.3, 0.4) is 0 Å². The molecule has 4 nitrogen and oxygen atoms in total. The number of hydrogen-bond donors (Lipinski definition) is 1. The van der Waals surface area contributed by atoms with Crippen molar-refractivity contribution in [3.63, 3.8) is 0 Å². The van der Waals surface area contributed by atoms with Crippen molar-refractivity contribution >= 4 is 12.2 Å². The summed E-state index contributed by atoms with van der Waals surface area (Å²) < 4.78 is 19.3. The molecule has 1 unspecified atom stereocenters. The minimum absolute atomic E-state index is 0.218. The van der Waals surface area contributed by atoms with Crippen molar-refractivity contribution < 1.29 is 9.29 Å². The van der Waals surface area contributed by atoms with E-state index in [1.807, 2.05) is 16.8 Å². The molecule has 2 saturated carbocycles. The van der Waals surface area contributed by atoms with Crippen LogP contribution >= 0.6 is 12.2 Å². The highest BCUT2D eigenvalue weighted by Crippen LogP contribution is 2.39. The van der Waals surface area contributed by atoms with Gasteiger partial charge in [-0.3, -0.25) is 4.57 Å². The Morgan fingerprint density at radius 3 is 2.67 bits per heavy atom. The fourth-order valence-corrected chi connectivity index (χ4v) is 5.61. The van der Waals surface area contributed by atoms with Crippen molar-refractivity contribution in [1.29, 1.82) is 0 Å². The number of halogens is 1. The van der Waals surface area contributed by atoms with Crippen molar-refractivity contribution in [1.82, 2.24) is 14.3 Å². The van der Waals surface area contributed by atoms with Crippen LogP contribution in [-0.2, 0) is 6.67 Å². The second-order valence-electron chi connectivity index (χ2n) is 8.55. The molecule has 2 heterocycles. The number of nitrogens with zero attached hydrogens (tertiary/aromatic N) is 3. The molecule has 27 heavy (non-hydrogen) atoms. The first-order valence-electron chi connectivity index (χ1n) is 10.5. The lowest BCUT2D eigenvalue weighted by Crippen LogP contribution is -3.17. The molecular weight excluding hydrogens is 359 g/mol. The third kappa shape index (κ3) is 3.27. The first-order valence-corrected chi connectivity index (χ1v) is 10.9. The van der Waals surface area contributed by atoms with Gasteiger partial charge in [0, 0.05) is 12.0 Å². The summed E-state index contributed by atoms with van der Waals surface area (Å²) in [7, 11) is 0. The lowest BCUT2D eigenvalue weighted by molar-refractivity contribution is -0.958. The van der Waals surface area contributed by atoms with E-state index in [2.05, 4.69) is 4.57 Å². The van der Waals surface area contributed by atoms with Crippen LogP contribution < -0.4 is 4.90 Å². The first-order chi connectivity index (χ1) is 13.2. The Kier molecular flexibility index (Phi) is 4.64. The SMILES string of the molecule is Fc1ccccc1-c1nn(C[NH+]2CCC[C@H]3CCCC[C@@H]32)c(=S)n1C1CC1. The van der Waals surface area contributed by atoms with Crippen molar-refractivity contribution in [2.75, 3.05) is 6.54 Å². The Balaban J connectivity index is 1.49. The first kappa shape index (κ1) is 17.6. The Morgan fingerprint density at radius 1 is 1.07 bits per heavy atom. The predicted molar refractivity (Wildman–Crippen MR) is 106 cm³/mol. The lowest BCUT2D eigenvalue weighted by Gasteiger charge is -2.40. The number of nitrogens with one attached hydrogen (secondary N) is 1. The van der Waals surface area contributed by atoms with Crippen molar-refractivity contribution in [2.24, 2.45) is 5.92 Å². The third-order valence-electron chi connectivity index (χ3n) is 6.76. The summed E-state index contributed by atoms with van der Waals surface area (Å²) >= 11 is 5.82. The summed E-state index contributed by atoms with van der Waals surface area (Å²) in [6.45, 7) is 2.02. The normalized spacial score (nSPS) is 28.1. The number of aromatic nitrogens is 3. The maximum atomic E-state index is 14.5. The van der Waals surface area contributed by atoms with E-state index >= 15 is 0 Å². The number of piperidine rings is 1. The number of benzene rings is 1. The molecule has 0 radical (unpaired) electrons. The van der Waals surface area contributed by atoms with Gasteiger partial charge in [0.05, 0.1) is 18.2 Å². The van der Waals surface area contributed by atoms with E-state index in [4.69, 9.17) is 17.3 Å². The van der Waals surface area contributed by atoms with E-state index in [1.165, 1.54) is 51.1 Å². The lowest BCUT2D eigenvalue weighted by atomic mass is 9.78. The van der Waals surface area contributed by atoms with Gasteiger partial charge in [-0.1, -0.05) is 18.6 Å². The highest BCUT2D eigenvalue weighted by Gasteiger charge is 2.37. The van der Waals surface area contributed by atoms with Crippen molar-refractivity contribution in [3.05, 3.63) is 34.9 Å². The monoisotopic (exact) mass is 387 g/mol. The standard InChI is InChI=1S/C21H27FN4S/c22-18-9-3-2-8-17(18)20-23-25(21(27)26(20)16-11-12-16)14-24-13-5-7-15-6-1-4-10-19(15)24/h2-3,8-9,15-16,19H,1,4-7,10-14H2/p+1/t15-,19+/m1/s1. The molecule has 0 spiro atoms. The van der Waals surface area contributed by atoms with Crippen LogP contribution in [0.15, 0.2) is 24.3 Å². The van der Waals surface area contributed by atoms with Crippen LogP contribution in [0.25, 0.3) is 11.4 Å². The van der Waals surface area contributed by atoms with E-state index in [-0.39, 0.29) is 5.82 Å². The van der Waals surface area contributed by atoms with Crippen molar-refractivity contribution in [2.45, 2.75) is 70.1 Å². The summed E-state index contributed by atoms with van der Waals surface area (Å²) in [6, 6.07) is 8.07. The fourth-order valence-electron chi connectivity index (χ4n) is 5.27. The molecule has 2 aliphatic carbocycles. The molecule has 0 amide bonds. The van der Waals surface area contributed by atoms with Gasteiger partial charge in [-0.25, -0.2) is 4.39 Å². The summed E-state index contributed by atoms with van der Waals surface area (Å²) in [5.74, 6) is 1.36. The molecule has 1 aromatic carbocycles. The number of quaternary nitrogens is 1. The summed E-state index contributed by atoms with van der Waals surface area (Å²) in [5, 5.41) is 4.85. The average Bonchev–Trinajstić information content (AvgIpc) is 3.47. The van der Waals surface area contributed by atoms with E-state index in [1.54, 1.807) is 11.0 Å². The van der Waals surface area contributed by atoms with Crippen LogP contribution in [0, 0.1) is 16.5 Å². The Hall–Kier alpha value is -1.53. The van der Waals surface area contributed by atoms with Gasteiger partial charge in [0.25, 0.3) is 0 Å². The zero-order chi connectivity index (χ0) is 18.4. The highest BCUT2D eigenvalue weighted by molar-refractivity contribution is 7.71. The number of likely N-dealkylation sites (tertiary alicyclic amines) is 1. The second kappa shape index (κ2) is 7.13. The molecule has 0 bridgehead atoms. The van der Waals surface area contributed by atoms with Crippen LogP contribution in [0.1, 0.15) is 57.4 Å². The smallest absolute Gasteiger partial charge is 0.203 e. The maximum absolute atomic E-state index is 14.5. The van der Waals surface area contributed by atoms with E-state index in [9.17, 15) is 4.39 Å². The molecule has 144 valence electrons. The second-order valence-corrected chi connectivity index (χ2v) is 8.91. The van der Waals surface area contributed by atoms with Crippen LogP contribution in [-0.4, -0.2) is 26.9 Å². The molecule has 1 N–H and O–H groups in total. The summed E-state index contributed by atoms with van der Waals surface area (Å²) in [5.41, 5.74) is 0.568. The van der Waals surface area contributed by atoms with Gasteiger partial charge in [-0.2, -0.15) is 4.68 Å². The maximum Gasteiger partial charge on any atom is 0.203 e. The Bertz CT molecular complexity index is 883. The summed E-state index contributed by atoms with van der Waals surface area (Å²) in [4.78, 5) is 1.63. The molecule has 3 fully saturated rings. The fraction of sp³-hybridized carbons (Fsp3) is 0.619. The minimum Gasteiger partial charge on any atom is -0.314 e. The zero-order valence-corrected chi connectivity index (χ0v) is 16.6. The number of fused-ring (bicyclic) bond motifs is 1. The Labute approximate surface area is 165 Å². The quantitative estimate of drug-likeness (QED) is 0.809. The van der Waals surface area contributed by atoms with Gasteiger partial charge < -0.3 is 4.90 Å². The molecule has 1 saturated heterocycles. The molecule has 3 aliphatic rings. The van der Waals surface area contributed by atoms with Gasteiger partial charge in [-0.05, 0) is 69.3 Å². The topological polar surface area (TPSA) is 27.2 Å². The third-order valence-corrected chi connectivity index (χ3v) is 7.16. The predicted octanol–water partition coefficient (Wildman–Crippen LogP) is 3.75. The molecule has 6 heteroatoms. The van der Waals surface area contributed by atoms with Crippen molar-refractivity contribution in [3.8, 4) is 11.4 Å². The number of hydrogen-bond acceptors (Lipinski definition) is 2. The molecule has 3 atom stereocenters. The molecule has 1 aromatic heterocycles. The Morgan fingerprint density at radius 2 is 1.85 bits per heavy atom. The van der Waals surface area contributed by atoms with Crippen LogP contribution in [0.2, 0.25) is 0 Å². The van der Waals surface area contributed by atoms with Gasteiger partial charge in [0.1, 0.15) is 5.82 Å². The van der Waals surface area contributed by atoms with E-state index < -0.39 is 0 Å². The average molecular weight is 388 g/mol. The van der Waals surface area contributed by atoms with Crippen LogP contribution in [0.4, 0.5) is 4.39 Å². The molecule has 2 aromatic rings. The molecule has 1 aliphatic heterocycles. The van der Waals surface area contributed by atoms with E-state index in [0.717, 1.165) is 36.2 Å².